The van der Waals surface area contributed by atoms with Crippen LogP contribution in [-0.4, -0.2) is 22.8 Å². The maximum Gasteiger partial charge on any atom is 0.270 e. The normalized spacial score (nSPS) is 12.2. The van der Waals surface area contributed by atoms with Crippen LogP contribution < -0.4 is 5.32 Å². The number of halogens is 2. The maximum atomic E-state index is 12.5. The summed E-state index contributed by atoms with van der Waals surface area (Å²) in [5.41, 5.74) is 0.184. The molecule has 5 heteroatoms. The van der Waals surface area contributed by atoms with Crippen LogP contribution in [0, 0.1) is 5.82 Å². The van der Waals surface area contributed by atoms with Gasteiger partial charge in [0.2, 0.25) is 0 Å². The number of alkyl halides is 1. The molecule has 0 radical (unpaired) electrons. The molecule has 1 N–H and O–H groups in total. The monoisotopic (exact) mass is 216 g/mol. The van der Waals surface area contributed by atoms with E-state index < -0.39 is 5.82 Å². The third-order valence-electron chi connectivity index (χ3n) is 1.57. The number of hydrogen-bond acceptors (Lipinski definition) is 2. The Morgan fingerprint density at radius 3 is 2.93 bits per heavy atom. The number of aromatic nitrogens is 1. The van der Waals surface area contributed by atoms with Crippen molar-refractivity contribution < 1.29 is 9.18 Å². The first-order chi connectivity index (χ1) is 6.63. The molecule has 1 amide bonds. The molecule has 1 atom stereocenters. The topological polar surface area (TPSA) is 42.0 Å². The molecule has 0 bridgehead atoms. The van der Waals surface area contributed by atoms with Gasteiger partial charge in [0, 0.05) is 11.9 Å². The van der Waals surface area contributed by atoms with Crippen LogP contribution >= 0.6 is 11.6 Å². The van der Waals surface area contributed by atoms with Gasteiger partial charge in [-0.1, -0.05) is 0 Å². The van der Waals surface area contributed by atoms with Gasteiger partial charge < -0.3 is 5.32 Å². The highest BCUT2D eigenvalue weighted by Gasteiger charge is 2.09. The van der Waals surface area contributed by atoms with Gasteiger partial charge in [-0.2, -0.15) is 0 Å². The summed E-state index contributed by atoms with van der Waals surface area (Å²) in [5, 5.41) is 2.61. The van der Waals surface area contributed by atoms with Crippen LogP contribution in [-0.2, 0) is 0 Å². The lowest BCUT2D eigenvalue weighted by molar-refractivity contribution is 0.0938. The Balaban J connectivity index is 2.65. The number of hydrogen-bond donors (Lipinski definition) is 1. The van der Waals surface area contributed by atoms with Gasteiger partial charge in [-0.05, 0) is 19.1 Å². The van der Waals surface area contributed by atoms with Crippen LogP contribution in [0.5, 0.6) is 0 Å². The quantitative estimate of drug-likeness (QED) is 0.780. The van der Waals surface area contributed by atoms with Crippen molar-refractivity contribution in [2.75, 3.05) is 5.88 Å². The number of nitrogens with one attached hydrogen (secondary N) is 1. The lowest BCUT2D eigenvalue weighted by Gasteiger charge is -2.09. The van der Waals surface area contributed by atoms with Crippen molar-refractivity contribution >= 4 is 17.5 Å². The number of rotatable bonds is 3. The predicted molar refractivity (Wildman–Crippen MR) is 51.8 cm³/mol. The van der Waals surface area contributed by atoms with Gasteiger partial charge >= 0.3 is 0 Å². The van der Waals surface area contributed by atoms with E-state index in [1.54, 1.807) is 6.92 Å². The summed E-state index contributed by atoms with van der Waals surface area (Å²) in [6.45, 7) is 1.77. The van der Waals surface area contributed by atoms with Crippen molar-refractivity contribution in [3.63, 3.8) is 0 Å². The van der Waals surface area contributed by atoms with E-state index >= 15 is 0 Å². The molecule has 0 aliphatic carbocycles. The molecule has 0 spiro atoms. The summed E-state index contributed by atoms with van der Waals surface area (Å²) in [6, 6.07) is 2.38. The average Bonchev–Trinajstić information content (AvgIpc) is 2.18. The molecule has 1 unspecified atom stereocenters. The molecule has 14 heavy (non-hydrogen) atoms. The molecular weight excluding hydrogens is 207 g/mol. The van der Waals surface area contributed by atoms with Crippen LogP contribution in [0.2, 0.25) is 0 Å². The molecule has 3 nitrogen and oxygen atoms in total. The maximum absolute atomic E-state index is 12.5. The largest absolute Gasteiger partial charge is 0.347 e. The number of carbonyl (C=O) groups excluding carboxylic acids is 1. The molecular formula is C9H10ClFN2O. The number of amides is 1. The number of pyridine rings is 1. The highest BCUT2D eigenvalue weighted by Crippen LogP contribution is 1.98. The van der Waals surface area contributed by atoms with Crippen LogP contribution in [0.1, 0.15) is 17.4 Å². The lowest BCUT2D eigenvalue weighted by Crippen LogP contribution is -2.34. The zero-order valence-corrected chi connectivity index (χ0v) is 8.38. The summed E-state index contributed by atoms with van der Waals surface area (Å²) in [7, 11) is 0. The van der Waals surface area contributed by atoms with Gasteiger partial charge in [-0.3, -0.25) is 4.79 Å². The molecule has 0 aliphatic rings. The average molecular weight is 217 g/mol. The Morgan fingerprint density at radius 2 is 2.43 bits per heavy atom. The Kier molecular flexibility index (Phi) is 3.83. The Morgan fingerprint density at radius 1 is 1.71 bits per heavy atom. The van der Waals surface area contributed by atoms with E-state index in [1.807, 2.05) is 0 Å². The van der Waals surface area contributed by atoms with E-state index in [1.165, 1.54) is 12.1 Å². The summed E-state index contributed by atoms with van der Waals surface area (Å²) in [5.74, 6) is -0.488. The van der Waals surface area contributed by atoms with Crippen LogP contribution in [0.3, 0.4) is 0 Å². The lowest BCUT2D eigenvalue weighted by atomic mass is 10.3. The molecule has 0 aliphatic heterocycles. The standard InChI is InChI=1S/C9H10ClFN2O/c1-6(4-10)13-9(14)8-3-2-7(11)5-12-8/h2-3,5-6H,4H2,1H3,(H,13,14). The second-order valence-electron chi connectivity index (χ2n) is 2.89. The predicted octanol–water partition coefficient (Wildman–Crippen LogP) is 1.58. The zero-order chi connectivity index (χ0) is 10.6. The van der Waals surface area contributed by atoms with E-state index in [4.69, 9.17) is 11.6 Å². The van der Waals surface area contributed by atoms with Gasteiger partial charge in [-0.15, -0.1) is 11.6 Å². The van der Waals surface area contributed by atoms with Gasteiger partial charge in [0.25, 0.3) is 5.91 Å². The number of carbonyl (C=O) groups is 1. The van der Waals surface area contributed by atoms with E-state index in [-0.39, 0.29) is 17.6 Å². The molecule has 0 saturated carbocycles. The van der Waals surface area contributed by atoms with Crippen molar-refractivity contribution in [2.45, 2.75) is 13.0 Å². The van der Waals surface area contributed by atoms with Crippen molar-refractivity contribution in [2.24, 2.45) is 0 Å². The smallest absolute Gasteiger partial charge is 0.270 e. The molecule has 1 aromatic heterocycles. The summed E-state index contributed by atoms with van der Waals surface area (Å²) in [4.78, 5) is 15.0. The summed E-state index contributed by atoms with van der Waals surface area (Å²) in [6.07, 6.45) is 1.00. The van der Waals surface area contributed by atoms with Crippen LogP contribution in [0.25, 0.3) is 0 Å². The minimum absolute atomic E-state index is 0.129. The Labute approximate surface area is 86.3 Å². The first kappa shape index (κ1) is 10.9. The van der Waals surface area contributed by atoms with Crippen molar-refractivity contribution in [3.8, 4) is 0 Å². The molecule has 1 heterocycles. The summed E-state index contributed by atoms with van der Waals surface area (Å²) >= 11 is 5.51. The van der Waals surface area contributed by atoms with E-state index in [2.05, 4.69) is 10.3 Å². The van der Waals surface area contributed by atoms with Crippen molar-refractivity contribution in [1.29, 1.82) is 0 Å². The van der Waals surface area contributed by atoms with Gasteiger partial charge in [0.05, 0.1) is 6.20 Å². The third kappa shape index (κ3) is 2.96. The fraction of sp³-hybridized carbons (Fsp3) is 0.333. The first-order valence-corrected chi connectivity index (χ1v) is 4.65. The zero-order valence-electron chi connectivity index (χ0n) is 7.63. The van der Waals surface area contributed by atoms with Gasteiger partial charge in [-0.25, -0.2) is 9.37 Å². The molecule has 0 fully saturated rings. The van der Waals surface area contributed by atoms with Crippen LogP contribution in [0.15, 0.2) is 18.3 Å². The van der Waals surface area contributed by atoms with Gasteiger partial charge in [0.15, 0.2) is 0 Å². The second-order valence-corrected chi connectivity index (χ2v) is 3.20. The second kappa shape index (κ2) is 4.91. The molecule has 0 aromatic carbocycles. The minimum Gasteiger partial charge on any atom is -0.347 e. The first-order valence-electron chi connectivity index (χ1n) is 4.12. The molecule has 0 saturated heterocycles. The van der Waals surface area contributed by atoms with E-state index in [0.717, 1.165) is 6.20 Å². The minimum atomic E-state index is -0.466. The number of nitrogens with zero attached hydrogens (tertiary/aromatic N) is 1. The van der Waals surface area contributed by atoms with E-state index in [0.29, 0.717) is 5.88 Å². The van der Waals surface area contributed by atoms with Crippen LogP contribution in [0.4, 0.5) is 4.39 Å². The summed E-state index contributed by atoms with van der Waals surface area (Å²) < 4.78 is 12.5. The fourth-order valence-corrected chi connectivity index (χ4v) is 0.924. The molecule has 1 aromatic rings. The van der Waals surface area contributed by atoms with Crippen molar-refractivity contribution in [3.05, 3.63) is 29.8 Å². The Bertz CT molecular complexity index is 315. The molecule has 1 rings (SSSR count). The third-order valence-corrected chi connectivity index (χ3v) is 2.03. The fourth-order valence-electron chi connectivity index (χ4n) is 0.846. The SMILES string of the molecule is CC(CCl)NC(=O)c1ccc(F)cn1. The highest BCUT2D eigenvalue weighted by molar-refractivity contribution is 6.18. The van der Waals surface area contributed by atoms with Crippen molar-refractivity contribution in [1.82, 2.24) is 10.3 Å². The Hall–Kier alpha value is -1.16. The molecule has 76 valence electrons. The van der Waals surface area contributed by atoms with E-state index in [9.17, 15) is 9.18 Å². The highest BCUT2D eigenvalue weighted by atomic mass is 35.5. The van der Waals surface area contributed by atoms with Gasteiger partial charge in [0.1, 0.15) is 11.5 Å².